The van der Waals surface area contributed by atoms with Crippen LogP contribution in [0.4, 0.5) is 9.18 Å². The van der Waals surface area contributed by atoms with Crippen molar-refractivity contribution < 1.29 is 32.9 Å². The van der Waals surface area contributed by atoms with Crippen LogP contribution in [-0.2, 0) is 27.5 Å². The summed E-state index contributed by atoms with van der Waals surface area (Å²) in [5.74, 6) is 0.105. The number of amides is 2. The van der Waals surface area contributed by atoms with E-state index in [9.17, 15) is 14.0 Å². The van der Waals surface area contributed by atoms with E-state index >= 15 is 0 Å². The van der Waals surface area contributed by atoms with Gasteiger partial charge in [-0.15, -0.1) is 0 Å². The monoisotopic (exact) mass is 565 g/mol. The molecule has 0 aliphatic rings. The second-order valence-electron chi connectivity index (χ2n) is 9.99. The predicted molar refractivity (Wildman–Crippen MR) is 153 cm³/mol. The molecular weight excluding hydrogens is 529 g/mol. The van der Waals surface area contributed by atoms with Gasteiger partial charge in [0.1, 0.15) is 24.1 Å². The van der Waals surface area contributed by atoms with E-state index in [1.165, 1.54) is 18.3 Å². The summed E-state index contributed by atoms with van der Waals surface area (Å²) in [5.41, 5.74) is 4.08. The van der Waals surface area contributed by atoms with E-state index in [2.05, 4.69) is 15.8 Å². The lowest BCUT2D eigenvalue weighted by Crippen LogP contribution is -2.49. The zero-order valence-electron chi connectivity index (χ0n) is 23.7. The number of benzene rings is 3. The van der Waals surface area contributed by atoms with Crippen molar-refractivity contribution in [1.29, 1.82) is 0 Å². The third kappa shape index (κ3) is 11.3. The summed E-state index contributed by atoms with van der Waals surface area (Å²) in [4.78, 5) is 25.2. The van der Waals surface area contributed by atoms with E-state index in [0.29, 0.717) is 23.7 Å². The number of rotatable bonds is 13. The van der Waals surface area contributed by atoms with Crippen molar-refractivity contribution in [2.45, 2.75) is 52.6 Å². The molecule has 3 aromatic carbocycles. The van der Waals surface area contributed by atoms with E-state index in [-0.39, 0.29) is 25.6 Å². The number of nitrogens with zero attached hydrogens (tertiary/aromatic N) is 1. The smallest absolute Gasteiger partial charge is 0.408 e. The summed E-state index contributed by atoms with van der Waals surface area (Å²) in [6.07, 6.45) is 0.696. The number of carbonyl (C=O) groups excluding carboxylic acids is 2. The van der Waals surface area contributed by atoms with Crippen molar-refractivity contribution in [2.75, 3.05) is 13.2 Å². The summed E-state index contributed by atoms with van der Waals surface area (Å²) in [6, 6.07) is 19.7. The van der Waals surface area contributed by atoms with Crippen molar-refractivity contribution in [2.24, 2.45) is 5.10 Å². The lowest BCUT2D eigenvalue weighted by atomic mass is 10.2. The van der Waals surface area contributed by atoms with Crippen LogP contribution >= 0.6 is 0 Å². The lowest BCUT2D eigenvalue weighted by molar-refractivity contribution is -0.124. The van der Waals surface area contributed by atoms with Gasteiger partial charge in [0.25, 0.3) is 5.91 Å². The fraction of sp³-hybridized carbons (Fsp3) is 0.323. The Morgan fingerprint density at radius 3 is 2.32 bits per heavy atom. The first-order chi connectivity index (χ1) is 19.6. The number of halogens is 1. The molecule has 0 bridgehead atoms. The van der Waals surface area contributed by atoms with Gasteiger partial charge in [0.2, 0.25) is 0 Å². The van der Waals surface area contributed by atoms with Crippen LogP contribution in [0.25, 0.3) is 0 Å². The molecule has 0 fully saturated rings. The SMILES string of the molecule is CCOc1cc(/C=N\NC(=O)[C@H](COCc2ccccc2)NC(=O)OC(C)(C)C)ccc1OCc1ccc(F)cc1. The number of hydrogen-bond acceptors (Lipinski definition) is 7. The van der Waals surface area contributed by atoms with E-state index in [1.54, 1.807) is 51.1 Å². The highest BCUT2D eigenvalue weighted by Gasteiger charge is 2.24. The zero-order chi connectivity index (χ0) is 29.7. The second-order valence-corrected chi connectivity index (χ2v) is 9.99. The quantitative estimate of drug-likeness (QED) is 0.213. The molecule has 10 heteroatoms. The van der Waals surface area contributed by atoms with Gasteiger partial charge in [0.05, 0.1) is 26.0 Å². The van der Waals surface area contributed by atoms with E-state index in [4.69, 9.17) is 18.9 Å². The Balaban J connectivity index is 1.62. The number of hydrogen-bond donors (Lipinski definition) is 2. The van der Waals surface area contributed by atoms with Crippen molar-refractivity contribution in [3.63, 3.8) is 0 Å². The topological polar surface area (TPSA) is 107 Å². The molecule has 0 saturated carbocycles. The van der Waals surface area contributed by atoms with Crippen LogP contribution in [0.5, 0.6) is 11.5 Å². The zero-order valence-corrected chi connectivity index (χ0v) is 23.7. The van der Waals surface area contributed by atoms with E-state index in [0.717, 1.165) is 11.1 Å². The second kappa shape index (κ2) is 15.4. The standard InChI is InChI=1S/C31H36FN3O6/c1-5-39-28-17-24(13-16-27(28)40-20-23-11-14-25(32)15-12-23)18-33-35-29(36)26(34-30(37)41-31(2,3)4)21-38-19-22-9-7-6-8-10-22/h6-18,26H,5,19-21H2,1-4H3,(H,34,37)(H,35,36)/b33-18-/t26-/m0/s1. The predicted octanol–water partition coefficient (Wildman–Crippen LogP) is 5.36. The fourth-order valence-corrected chi connectivity index (χ4v) is 3.48. The average molecular weight is 566 g/mol. The first-order valence-corrected chi connectivity index (χ1v) is 13.2. The van der Waals surface area contributed by atoms with Crippen molar-refractivity contribution >= 4 is 18.2 Å². The Hall–Kier alpha value is -4.44. The maximum absolute atomic E-state index is 13.2. The fourth-order valence-electron chi connectivity index (χ4n) is 3.48. The first kappa shape index (κ1) is 31.1. The molecule has 2 amide bonds. The van der Waals surface area contributed by atoms with E-state index < -0.39 is 23.6 Å². The Morgan fingerprint density at radius 2 is 1.63 bits per heavy atom. The van der Waals surface area contributed by atoms with Crippen LogP contribution in [-0.4, -0.2) is 43.1 Å². The van der Waals surface area contributed by atoms with Crippen LogP contribution < -0.4 is 20.2 Å². The molecule has 1 atom stereocenters. The maximum Gasteiger partial charge on any atom is 0.408 e. The van der Waals surface area contributed by atoms with Crippen molar-refractivity contribution in [1.82, 2.24) is 10.7 Å². The van der Waals surface area contributed by atoms with Gasteiger partial charge in [-0.3, -0.25) is 4.79 Å². The molecular formula is C31H36FN3O6. The molecule has 0 aromatic heterocycles. The normalized spacial score (nSPS) is 12.0. The highest BCUT2D eigenvalue weighted by Crippen LogP contribution is 2.29. The molecule has 3 aromatic rings. The van der Waals surface area contributed by atoms with Crippen LogP contribution in [0.1, 0.15) is 44.4 Å². The van der Waals surface area contributed by atoms with Crippen LogP contribution in [0.15, 0.2) is 77.9 Å². The number of carbonyl (C=O) groups is 2. The van der Waals surface area contributed by atoms with Gasteiger partial charge in [-0.05, 0) is 74.7 Å². The average Bonchev–Trinajstić information content (AvgIpc) is 2.92. The summed E-state index contributed by atoms with van der Waals surface area (Å²) < 4.78 is 35.7. The molecule has 0 saturated heterocycles. The molecule has 0 heterocycles. The number of hydrazone groups is 1. The van der Waals surface area contributed by atoms with Gasteiger partial charge in [-0.25, -0.2) is 14.6 Å². The van der Waals surface area contributed by atoms with Gasteiger partial charge in [0.15, 0.2) is 11.5 Å². The van der Waals surface area contributed by atoms with E-state index in [1.807, 2.05) is 37.3 Å². The van der Waals surface area contributed by atoms with Crippen LogP contribution in [0.3, 0.4) is 0 Å². The van der Waals surface area contributed by atoms with Crippen LogP contribution in [0.2, 0.25) is 0 Å². The molecule has 0 aliphatic carbocycles. The highest BCUT2D eigenvalue weighted by atomic mass is 19.1. The van der Waals surface area contributed by atoms with Gasteiger partial charge < -0.3 is 24.3 Å². The van der Waals surface area contributed by atoms with Gasteiger partial charge >= 0.3 is 6.09 Å². The lowest BCUT2D eigenvalue weighted by Gasteiger charge is -2.22. The molecule has 0 spiro atoms. The minimum Gasteiger partial charge on any atom is -0.490 e. The molecule has 218 valence electrons. The third-order valence-corrected chi connectivity index (χ3v) is 5.37. The molecule has 2 N–H and O–H groups in total. The molecule has 0 aliphatic heterocycles. The molecule has 9 nitrogen and oxygen atoms in total. The Labute approximate surface area is 239 Å². The Morgan fingerprint density at radius 1 is 0.927 bits per heavy atom. The maximum atomic E-state index is 13.2. The summed E-state index contributed by atoms with van der Waals surface area (Å²) in [5, 5.41) is 6.58. The Bertz CT molecular complexity index is 1290. The third-order valence-electron chi connectivity index (χ3n) is 5.37. The largest absolute Gasteiger partial charge is 0.490 e. The number of ether oxygens (including phenoxy) is 4. The van der Waals surface area contributed by atoms with Gasteiger partial charge in [-0.1, -0.05) is 42.5 Å². The van der Waals surface area contributed by atoms with Crippen LogP contribution in [0, 0.1) is 5.82 Å². The van der Waals surface area contributed by atoms with Crippen molar-refractivity contribution in [3.05, 3.63) is 95.3 Å². The molecule has 0 unspecified atom stereocenters. The van der Waals surface area contributed by atoms with Gasteiger partial charge in [-0.2, -0.15) is 5.10 Å². The summed E-state index contributed by atoms with van der Waals surface area (Å²) >= 11 is 0. The molecule has 41 heavy (non-hydrogen) atoms. The number of alkyl carbamates (subject to hydrolysis) is 1. The number of nitrogens with one attached hydrogen (secondary N) is 2. The summed E-state index contributed by atoms with van der Waals surface area (Å²) in [6.45, 7) is 7.86. The first-order valence-electron chi connectivity index (χ1n) is 13.2. The highest BCUT2D eigenvalue weighted by molar-refractivity contribution is 5.87. The minimum absolute atomic E-state index is 0.0932. The minimum atomic E-state index is -1.05. The molecule has 0 radical (unpaired) electrons. The van der Waals surface area contributed by atoms with Gasteiger partial charge in [0, 0.05) is 0 Å². The van der Waals surface area contributed by atoms with Crippen molar-refractivity contribution in [3.8, 4) is 11.5 Å². The summed E-state index contributed by atoms with van der Waals surface area (Å²) in [7, 11) is 0. The Kier molecular flexibility index (Phi) is 11.7. The molecule has 3 rings (SSSR count).